The van der Waals surface area contributed by atoms with Gasteiger partial charge in [0.25, 0.3) is 0 Å². The third-order valence-corrected chi connectivity index (χ3v) is 6.59. The summed E-state index contributed by atoms with van der Waals surface area (Å²) in [7, 11) is 0. The highest BCUT2D eigenvalue weighted by molar-refractivity contribution is 5.86. The number of carboxylic acids is 1. The first-order valence-electron chi connectivity index (χ1n) is 11.6. The van der Waals surface area contributed by atoms with E-state index in [1.165, 1.54) is 0 Å². The van der Waals surface area contributed by atoms with Crippen molar-refractivity contribution in [3.8, 4) is 11.1 Å². The maximum atomic E-state index is 13.0. The maximum Gasteiger partial charge on any atom is 0.407 e. The molecule has 2 N–H and O–H groups in total. The molecular weight excluding hydrogens is 420 g/mol. The van der Waals surface area contributed by atoms with Crippen LogP contribution in [0.1, 0.15) is 49.7 Å². The third kappa shape index (κ3) is 4.87. The lowest BCUT2D eigenvalue weighted by molar-refractivity contribution is -0.146. The Morgan fingerprint density at radius 3 is 2.33 bits per heavy atom. The molecular formula is C26H30N2O5. The van der Waals surface area contributed by atoms with Crippen molar-refractivity contribution in [3.05, 3.63) is 59.7 Å². The minimum atomic E-state index is -0.885. The van der Waals surface area contributed by atoms with Crippen LogP contribution in [0.15, 0.2) is 48.5 Å². The number of hydrogen-bond acceptors (Lipinski definition) is 4. The van der Waals surface area contributed by atoms with Gasteiger partial charge in [-0.25, -0.2) is 4.79 Å². The largest absolute Gasteiger partial charge is 0.481 e. The number of carboxylic acid groups (broad SMARTS) is 1. The van der Waals surface area contributed by atoms with Gasteiger partial charge in [-0.05, 0) is 41.5 Å². The minimum absolute atomic E-state index is 0.0538. The van der Waals surface area contributed by atoms with Crippen molar-refractivity contribution in [2.75, 3.05) is 19.7 Å². The summed E-state index contributed by atoms with van der Waals surface area (Å²) in [6.45, 7) is 2.81. The van der Waals surface area contributed by atoms with Crippen molar-refractivity contribution in [3.63, 3.8) is 0 Å². The molecule has 1 fully saturated rings. The van der Waals surface area contributed by atoms with Gasteiger partial charge >= 0.3 is 12.1 Å². The van der Waals surface area contributed by atoms with Crippen LogP contribution in [0.3, 0.4) is 0 Å². The fraction of sp³-hybridized carbons (Fsp3) is 0.423. The van der Waals surface area contributed by atoms with E-state index in [9.17, 15) is 19.5 Å². The van der Waals surface area contributed by atoms with Crippen molar-refractivity contribution >= 4 is 18.0 Å². The molecule has 2 aromatic carbocycles. The Bertz CT molecular complexity index is 991. The van der Waals surface area contributed by atoms with Crippen LogP contribution in [-0.4, -0.2) is 53.7 Å². The van der Waals surface area contributed by atoms with Crippen LogP contribution < -0.4 is 5.32 Å². The number of nitrogens with one attached hydrogen (secondary N) is 1. The van der Waals surface area contributed by atoms with Crippen molar-refractivity contribution in [2.24, 2.45) is 5.92 Å². The van der Waals surface area contributed by atoms with Crippen molar-refractivity contribution in [1.82, 2.24) is 10.2 Å². The van der Waals surface area contributed by atoms with E-state index in [0.29, 0.717) is 32.2 Å². The molecule has 1 unspecified atom stereocenters. The zero-order valence-corrected chi connectivity index (χ0v) is 18.8. The predicted molar refractivity (Wildman–Crippen MR) is 124 cm³/mol. The van der Waals surface area contributed by atoms with E-state index >= 15 is 0 Å². The van der Waals surface area contributed by atoms with Crippen molar-refractivity contribution < 1.29 is 24.2 Å². The molecule has 2 aromatic rings. The molecule has 2 amide bonds. The molecule has 2 aliphatic rings. The Morgan fingerprint density at radius 2 is 1.73 bits per heavy atom. The first-order valence-corrected chi connectivity index (χ1v) is 11.6. The van der Waals surface area contributed by atoms with Crippen LogP contribution >= 0.6 is 0 Å². The molecule has 1 aliphatic heterocycles. The number of piperidine rings is 1. The number of aliphatic carboxylic acids is 1. The second-order valence-electron chi connectivity index (χ2n) is 8.77. The second kappa shape index (κ2) is 10.1. The quantitative estimate of drug-likeness (QED) is 0.664. The lowest BCUT2D eigenvalue weighted by Gasteiger charge is -2.33. The summed E-state index contributed by atoms with van der Waals surface area (Å²) in [4.78, 5) is 38.6. The van der Waals surface area contributed by atoms with Gasteiger partial charge in [0.2, 0.25) is 5.91 Å². The topological polar surface area (TPSA) is 95.9 Å². The number of amides is 2. The Hall–Kier alpha value is -3.35. The number of nitrogens with zero attached hydrogens (tertiary/aromatic N) is 1. The highest BCUT2D eigenvalue weighted by atomic mass is 16.5. The molecule has 7 heteroatoms. The lowest BCUT2D eigenvalue weighted by Crippen LogP contribution is -2.52. The van der Waals surface area contributed by atoms with Gasteiger partial charge in [0.05, 0.1) is 5.92 Å². The van der Waals surface area contributed by atoms with E-state index < -0.39 is 24.0 Å². The summed E-state index contributed by atoms with van der Waals surface area (Å²) in [6.07, 6.45) is 1.76. The summed E-state index contributed by atoms with van der Waals surface area (Å²) < 4.78 is 5.60. The average molecular weight is 451 g/mol. The van der Waals surface area contributed by atoms with Crippen LogP contribution in [0, 0.1) is 5.92 Å². The summed E-state index contributed by atoms with van der Waals surface area (Å²) in [6, 6.07) is 15.5. The minimum Gasteiger partial charge on any atom is -0.481 e. The molecule has 1 heterocycles. The SMILES string of the molecule is CCCC(NC(=O)OCC1c2ccccc2-c2ccccc21)C(=O)N1CCC[C@@H](C(=O)O)C1. The number of carbonyl (C=O) groups is 3. The summed E-state index contributed by atoms with van der Waals surface area (Å²) >= 11 is 0. The number of alkyl carbamates (subject to hydrolysis) is 1. The van der Waals surface area contributed by atoms with Crippen LogP contribution in [0.25, 0.3) is 11.1 Å². The zero-order valence-electron chi connectivity index (χ0n) is 18.8. The molecule has 0 radical (unpaired) electrons. The normalized spacial score (nSPS) is 18.2. The molecule has 1 aliphatic carbocycles. The van der Waals surface area contributed by atoms with Crippen LogP contribution in [0.2, 0.25) is 0 Å². The summed E-state index contributed by atoms with van der Waals surface area (Å²) in [5, 5.41) is 12.0. The molecule has 0 aromatic heterocycles. The number of rotatable bonds is 7. The van der Waals surface area contributed by atoms with Gasteiger partial charge in [0, 0.05) is 19.0 Å². The van der Waals surface area contributed by atoms with E-state index in [-0.39, 0.29) is 25.0 Å². The van der Waals surface area contributed by atoms with E-state index in [1.807, 2.05) is 31.2 Å². The molecule has 1 saturated heterocycles. The van der Waals surface area contributed by atoms with Crippen LogP contribution in [-0.2, 0) is 14.3 Å². The first-order chi connectivity index (χ1) is 16.0. The molecule has 0 bridgehead atoms. The molecule has 0 spiro atoms. The standard InChI is InChI=1S/C26H30N2O5/c1-2-8-23(24(29)28-14-7-9-17(15-28)25(30)31)27-26(32)33-16-22-20-12-5-3-10-18(20)19-11-4-6-13-21(19)22/h3-6,10-13,17,22-23H,2,7-9,14-16H2,1H3,(H,27,32)(H,30,31)/t17-,23?/m1/s1. The molecule has 2 atom stereocenters. The molecule has 33 heavy (non-hydrogen) atoms. The van der Waals surface area contributed by atoms with E-state index in [2.05, 4.69) is 29.6 Å². The summed E-state index contributed by atoms with van der Waals surface area (Å²) in [5.74, 6) is -1.73. The second-order valence-corrected chi connectivity index (χ2v) is 8.77. The van der Waals surface area contributed by atoms with Gasteiger partial charge in [0.1, 0.15) is 12.6 Å². The Balaban J connectivity index is 1.40. The fourth-order valence-electron chi connectivity index (χ4n) is 4.93. The number of likely N-dealkylation sites (tertiary alicyclic amines) is 1. The van der Waals surface area contributed by atoms with Crippen molar-refractivity contribution in [2.45, 2.75) is 44.6 Å². The smallest absolute Gasteiger partial charge is 0.407 e. The highest BCUT2D eigenvalue weighted by Crippen LogP contribution is 2.44. The number of benzene rings is 2. The highest BCUT2D eigenvalue weighted by Gasteiger charge is 2.33. The number of hydrogen-bond donors (Lipinski definition) is 2. The Kier molecular flexibility index (Phi) is 6.96. The van der Waals surface area contributed by atoms with E-state index in [1.54, 1.807) is 4.90 Å². The third-order valence-electron chi connectivity index (χ3n) is 6.59. The molecule has 7 nitrogen and oxygen atoms in total. The molecule has 174 valence electrons. The fourth-order valence-corrected chi connectivity index (χ4v) is 4.93. The monoisotopic (exact) mass is 450 g/mol. The zero-order chi connectivity index (χ0) is 23.4. The average Bonchev–Trinajstić information content (AvgIpc) is 3.16. The number of fused-ring (bicyclic) bond motifs is 3. The van der Waals surface area contributed by atoms with Gasteiger partial charge in [-0.1, -0.05) is 61.9 Å². The van der Waals surface area contributed by atoms with Gasteiger partial charge < -0.3 is 20.1 Å². The van der Waals surface area contributed by atoms with E-state index in [0.717, 1.165) is 22.3 Å². The van der Waals surface area contributed by atoms with Crippen LogP contribution in [0.5, 0.6) is 0 Å². The predicted octanol–water partition coefficient (Wildman–Crippen LogP) is 4.02. The Morgan fingerprint density at radius 1 is 1.09 bits per heavy atom. The number of carbonyl (C=O) groups excluding carboxylic acids is 2. The summed E-state index contributed by atoms with van der Waals surface area (Å²) in [5.41, 5.74) is 4.56. The maximum absolute atomic E-state index is 13.0. The van der Waals surface area contributed by atoms with Gasteiger partial charge in [0.15, 0.2) is 0 Å². The first kappa shape index (κ1) is 22.8. The van der Waals surface area contributed by atoms with Crippen LogP contribution in [0.4, 0.5) is 4.79 Å². The molecule has 0 saturated carbocycles. The molecule has 4 rings (SSSR count). The van der Waals surface area contributed by atoms with Gasteiger partial charge in [-0.3, -0.25) is 9.59 Å². The Labute approximate surface area is 193 Å². The lowest BCUT2D eigenvalue weighted by atomic mass is 9.97. The van der Waals surface area contributed by atoms with Gasteiger partial charge in [-0.15, -0.1) is 0 Å². The number of ether oxygens (including phenoxy) is 1. The van der Waals surface area contributed by atoms with E-state index in [4.69, 9.17) is 4.74 Å². The van der Waals surface area contributed by atoms with Crippen molar-refractivity contribution in [1.29, 1.82) is 0 Å². The van der Waals surface area contributed by atoms with Gasteiger partial charge in [-0.2, -0.15) is 0 Å².